The van der Waals surface area contributed by atoms with Gasteiger partial charge in [0.1, 0.15) is 0 Å². The Labute approximate surface area is 151 Å². The number of hydrogen-bond acceptors (Lipinski definition) is 4. The predicted molar refractivity (Wildman–Crippen MR) is 101 cm³/mol. The smallest absolute Gasteiger partial charge is 0.252 e. The van der Waals surface area contributed by atoms with Gasteiger partial charge in [0, 0.05) is 19.6 Å². The number of carbonyl (C=O) groups is 1. The number of likely N-dealkylation sites (tertiary alicyclic amines) is 1. The Hall–Kier alpha value is -1.40. The van der Waals surface area contributed by atoms with Gasteiger partial charge in [0.15, 0.2) is 9.84 Å². The first-order valence-corrected chi connectivity index (χ1v) is 10.8. The first-order chi connectivity index (χ1) is 11.8. The number of sulfone groups is 1. The third-order valence-corrected chi connectivity index (χ3v) is 6.51. The highest BCUT2D eigenvalue weighted by molar-refractivity contribution is 7.91. The van der Waals surface area contributed by atoms with Gasteiger partial charge >= 0.3 is 0 Å². The molecule has 6 heteroatoms. The molecular formula is C19H30N2O3S. The molecule has 5 nitrogen and oxygen atoms in total. The number of hydrogen-bond donors (Lipinski definition) is 1. The number of rotatable bonds is 7. The van der Waals surface area contributed by atoms with Crippen molar-refractivity contribution >= 4 is 15.7 Å². The summed E-state index contributed by atoms with van der Waals surface area (Å²) in [6.07, 6.45) is 2.16. The van der Waals surface area contributed by atoms with Crippen molar-refractivity contribution in [2.75, 3.05) is 31.9 Å². The van der Waals surface area contributed by atoms with Crippen LogP contribution in [-0.2, 0) is 9.84 Å². The number of nitrogens with zero attached hydrogens (tertiary/aromatic N) is 1. The van der Waals surface area contributed by atoms with Gasteiger partial charge in [-0.2, -0.15) is 0 Å². The van der Waals surface area contributed by atoms with Crippen molar-refractivity contribution in [3.8, 4) is 0 Å². The molecule has 1 aliphatic rings. The zero-order valence-electron chi connectivity index (χ0n) is 15.5. The Kier molecular flexibility index (Phi) is 7.02. The Bertz CT molecular complexity index is 678. The van der Waals surface area contributed by atoms with Gasteiger partial charge in [0.05, 0.1) is 16.2 Å². The summed E-state index contributed by atoms with van der Waals surface area (Å²) in [5.74, 6) is 1.13. The molecule has 1 aliphatic heterocycles. The third kappa shape index (κ3) is 5.54. The Balaban J connectivity index is 1.87. The lowest BCUT2D eigenvalue weighted by Crippen LogP contribution is -2.40. The minimum atomic E-state index is -3.40. The number of carbonyl (C=O) groups excluding carboxylic acids is 1. The molecular weight excluding hydrogens is 336 g/mol. The van der Waals surface area contributed by atoms with Gasteiger partial charge < -0.3 is 10.2 Å². The maximum atomic E-state index is 12.4. The van der Waals surface area contributed by atoms with Crippen LogP contribution < -0.4 is 5.32 Å². The van der Waals surface area contributed by atoms with Gasteiger partial charge in [0.2, 0.25) is 0 Å². The summed E-state index contributed by atoms with van der Waals surface area (Å²) in [7, 11) is -3.40. The Morgan fingerprint density at radius 2 is 1.84 bits per heavy atom. The molecule has 0 aromatic heterocycles. The summed E-state index contributed by atoms with van der Waals surface area (Å²) in [6.45, 7) is 9.92. The molecule has 1 aromatic rings. The highest BCUT2D eigenvalue weighted by Gasteiger charge is 2.22. The van der Waals surface area contributed by atoms with Crippen LogP contribution in [0.5, 0.6) is 0 Å². The summed E-state index contributed by atoms with van der Waals surface area (Å²) in [5.41, 5.74) is 0.240. The summed E-state index contributed by atoms with van der Waals surface area (Å²) < 4.78 is 24.3. The molecule has 0 bridgehead atoms. The standard InChI is InChI=1S/C19H30N2O3S/c1-4-25(23,24)18-9-6-5-8-17(18)19(22)20-10-7-11-21-13-15(2)12-16(3)14-21/h5-6,8-9,15-16H,4,7,10-14H2,1-3H3,(H,20,22)/t15-,16+. The second kappa shape index (κ2) is 8.81. The van der Waals surface area contributed by atoms with Crippen LogP contribution in [0.1, 0.15) is 44.0 Å². The van der Waals surface area contributed by atoms with Gasteiger partial charge in [0.25, 0.3) is 5.91 Å². The monoisotopic (exact) mass is 366 g/mol. The van der Waals surface area contributed by atoms with E-state index in [1.54, 1.807) is 25.1 Å². The lowest BCUT2D eigenvalue weighted by atomic mass is 9.92. The van der Waals surface area contributed by atoms with Crippen molar-refractivity contribution in [2.24, 2.45) is 11.8 Å². The van der Waals surface area contributed by atoms with E-state index >= 15 is 0 Å². The minimum Gasteiger partial charge on any atom is -0.352 e. The van der Waals surface area contributed by atoms with E-state index in [4.69, 9.17) is 0 Å². The van der Waals surface area contributed by atoms with Crippen molar-refractivity contribution in [3.05, 3.63) is 29.8 Å². The van der Waals surface area contributed by atoms with Crippen LogP contribution in [0.4, 0.5) is 0 Å². The van der Waals surface area contributed by atoms with Crippen molar-refractivity contribution in [1.29, 1.82) is 0 Å². The number of benzene rings is 1. The number of amides is 1. The van der Waals surface area contributed by atoms with Crippen LogP contribution in [0.2, 0.25) is 0 Å². The van der Waals surface area contributed by atoms with Gasteiger partial charge in [-0.1, -0.05) is 32.9 Å². The summed E-state index contributed by atoms with van der Waals surface area (Å²) in [4.78, 5) is 15.0. The molecule has 1 amide bonds. The SMILES string of the molecule is CCS(=O)(=O)c1ccccc1C(=O)NCCCN1C[C@H](C)C[C@H](C)C1. The van der Waals surface area contributed by atoms with E-state index < -0.39 is 9.84 Å². The van der Waals surface area contributed by atoms with Crippen LogP contribution >= 0.6 is 0 Å². The molecule has 1 aromatic carbocycles. The molecule has 1 fully saturated rings. The molecule has 0 saturated carbocycles. The number of piperidine rings is 1. The van der Waals surface area contributed by atoms with Gasteiger partial charge in [-0.25, -0.2) is 8.42 Å². The van der Waals surface area contributed by atoms with Gasteiger partial charge in [-0.3, -0.25) is 4.79 Å². The quantitative estimate of drug-likeness (QED) is 0.753. The second-order valence-corrected chi connectivity index (χ2v) is 9.46. The molecule has 2 rings (SSSR count). The van der Waals surface area contributed by atoms with Crippen molar-refractivity contribution in [3.63, 3.8) is 0 Å². The van der Waals surface area contributed by atoms with Gasteiger partial charge in [-0.05, 0) is 43.4 Å². The molecule has 0 spiro atoms. The maximum Gasteiger partial charge on any atom is 0.252 e. The third-order valence-electron chi connectivity index (χ3n) is 4.73. The molecule has 140 valence electrons. The van der Waals surface area contributed by atoms with E-state index in [9.17, 15) is 13.2 Å². The Morgan fingerprint density at radius 1 is 1.20 bits per heavy atom. The first-order valence-electron chi connectivity index (χ1n) is 9.15. The van der Waals surface area contributed by atoms with Crippen molar-refractivity contribution in [1.82, 2.24) is 10.2 Å². The fraction of sp³-hybridized carbons (Fsp3) is 0.632. The fourth-order valence-corrected chi connectivity index (χ4v) is 4.75. The van der Waals surface area contributed by atoms with Crippen LogP contribution in [0.15, 0.2) is 29.2 Å². The topological polar surface area (TPSA) is 66.5 Å². The highest BCUT2D eigenvalue weighted by atomic mass is 32.2. The largest absolute Gasteiger partial charge is 0.352 e. The predicted octanol–water partition coefficient (Wildman–Crippen LogP) is 2.58. The van der Waals surface area contributed by atoms with E-state index in [1.165, 1.54) is 12.5 Å². The maximum absolute atomic E-state index is 12.4. The fourth-order valence-electron chi connectivity index (χ4n) is 3.66. The van der Waals surface area contributed by atoms with Crippen LogP contribution in [0.3, 0.4) is 0 Å². The van der Waals surface area contributed by atoms with Crippen LogP contribution in [0, 0.1) is 11.8 Å². The first kappa shape index (κ1) is 19.9. The lowest BCUT2D eigenvalue weighted by molar-refractivity contribution is 0.0944. The van der Waals surface area contributed by atoms with Crippen LogP contribution in [0.25, 0.3) is 0 Å². The summed E-state index contributed by atoms with van der Waals surface area (Å²) in [6, 6.07) is 6.42. The number of nitrogens with one attached hydrogen (secondary N) is 1. The molecule has 25 heavy (non-hydrogen) atoms. The lowest BCUT2D eigenvalue weighted by Gasteiger charge is -2.34. The molecule has 1 N–H and O–H groups in total. The van der Waals surface area contributed by atoms with E-state index in [0.717, 1.165) is 37.9 Å². The molecule has 1 heterocycles. The summed E-state index contributed by atoms with van der Waals surface area (Å²) >= 11 is 0. The Morgan fingerprint density at radius 3 is 2.48 bits per heavy atom. The van der Waals surface area contributed by atoms with Crippen LogP contribution in [-0.4, -0.2) is 51.2 Å². The minimum absolute atomic E-state index is 0.0113. The zero-order chi connectivity index (χ0) is 18.4. The molecule has 0 radical (unpaired) electrons. The average molecular weight is 367 g/mol. The molecule has 2 atom stereocenters. The zero-order valence-corrected chi connectivity index (χ0v) is 16.3. The van der Waals surface area contributed by atoms with Crippen molar-refractivity contribution in [2.45, 2.75) is 38.5 Å². The van der Waals surface area contributed by atoms with Gasteiger partial charge in [-0.15, -0.1) is 0 Å². The highest BCUT2D eigenvalue weighted by Crippen LogP contribution is 2.21. The average Bonchev–Trinajstić information content (AvgIpc) is 2.57. The molecule has 1 saturated heterocycles. The van der Waals surface area contributed by atoms with E-state index in [1.807, 2.05) is 0 Å². The molecule has 0 unspecified atom stereocenters. The second-order valence-electron chi connectivity index (χ2n) is 7.21. The molecule has 0 aliphatic carbocycles. The van der Waals surface area contributed by atoms with Crippen molar-refractivity contribution < 1.29 is 13.2 Å². The van der Waals surface area contributed by atoms with E-state index in [0.29, 0.717) is 6.54 Å². The van der Waals surface area contributed by atoms with E-state index in [2.05, 4.69) is 24.1 Å². The normalized spacial score (nSPS) is 21.9. The van der Waals surface area contributed by atoms with E-state index in [-0.39, 0.29) is 22.1 Å². The summed E-state index contributed by atoms with van der Waals surface area (Å²) in [5, 5.41) is 2.87.